The first kappa shape index (κ1) is 44.1. The zero-order valence-electron chi connectivity index (χ0n) is 37.0. The van der Waals surface area contributed by atoms with Gasteiger partial charge in [-0.1, -0.05) is 246 Å². The lowest BCUT2D eigenvalue weighted by Gasteiger charge is -2.34. The van der Waals surface area contributed by atoms with E-state index in [1.54, 1.807) is 0 Å². The van der Waals surface area contributed by atoms with Crippen LogP contribution in [-0.4, -0.2) is 0 Å². The number of aryl methyl sites for hydroxylation is 5. The van der Waals surface area contributed by atoms with E-state index < -0.39 is 0 Å². The topological polar surface area (TPSA) is 0 Å². The van der Waals surface area contributed by atoms with Crippen molar-refractivity contribution in [1.29, 1.82) is 0 Å². The van der Waals surface area contributed by atoms with Gasteiger partial charge in [0, 0.05) is 0 Å². The minimum absolute atomic E-state index is 0.263. The molecule has 0 saturated heterocycles. The average Bonchev–Trinajstić information content (AvgIpc) is 3.56. The molecule has 1 aliphatic carbocycles. The highest BCUT2D eigenvalue weighted by molar-refractivity contribution is 5.87. The highest BCUT2D eigenvalue weighted by Gasteiger charge is 2.45. The summed E-state index contributed by atoms with van der Waals surface area (Å²) in [6, 6.07) is 67.6. The molecule has 0 saturated carbocycles. The minimum atomic E-state index is -0.263. The molecule has 8 aromatic rings. The monoisotopic (exact) mass is 773 g/mol. The SMILES string of the molecule is CCC.CCCC.Cc1ccc(C)c(-c2ccccc2C)c1.Cc1ccc2c(c1)C(c1ccccc1)(c1ccccc1)c1ccccc1-2.Cc1cccc2ccccc12. The van der Waals surface area contributed by atoms with Crippen LogP contribution in [0, 0.1) is 34.6 Å². The van der Waals surface area contributed by atoms with Gasteiger partial charge in [-0.25, -0.2) is 0 Å². The lowest BCUT2D eigenvalue weighted by Crippen LogP contribution is -2.28. The summed E-state index contributed by atoms with van der Waals surface area (Å²) >= 11 is 0. The van der Waals surface area contributed by atoms with Gasteiger partial charge in [-0.15, -0.1) is 0 Å². The van der Waals surface area contributed by atoms with Gasteiger partial charge < -0.3 is 0 Å². The van der Waals surface area contributed by atoms with E-state index >= 15 is 0 Å². The van der Waals surface area contributed by atoms with Crippen molar-refractivity contribution in [3.05, 3.63) is 238 Å². The fraction of sp³-hybridized carbons (Fsp3) is 0.220. The van der Waals surface area contributed by atoms with Crippen molar-refractivity contribution < 1.29 is 0 Å². The van der Waals surface area contributed by atoms with Crippen LogP contribution < -0.4 is 0 Å². The molecule has 0 aromatic heterocycles. The third-order valence-electron chi connectivity index (χ3n) is 10.9. The summed E-state index contributed by atoms with van der Waals surface area (Å²) in [5.41, 5.74) is 17.2. The lowest BCUT2D eigenvalue weighted by molar-refractivity contribution is 0.767. The van der Waals surface area contributed by atoms with Crippen molar-refractivity contribution in [3.63, 3.8) is 0 Å². The third-order valence-corrected chi connectivity index (χ3v) is 10.9. The molecule has 0 heteroatoms. The molecule has 300 valence electrons. The fourth-order valence-electron chi connectivity index (χ4n) is 7.85. The summed E-state index contributed by atoms with van der Waals surface area (Å²) in [5.74, 6) is 0. The summed E-state index contributed by atoms with van der Waals surface area (Å²) in [7, 11) is 0. The molecule has 0 N–H and O–H groups in total. The van der Waals surface area contributed by atoms with E-state index in [-0.39, 0.29) is 5.41 Å². The number of hydrogen-bond donors (Lipinski definition) is 0. The first-order valence-corrected chi connectivity index (χ1v) is 21.6. The Morgan fingerprint density at radius 2 is 0.797 bits per heavy atom. The Bertz CT molecular complexity index is 2460. The fourth-order valence-corrected chi connectivity index (χ4v) is 7.85. The molecular weight excluding hydrogens is 709 g/mol. The molecule has 0 nitrogen and oxygen atoms in total. The maximum absolute atomic E-state index is 2.37. The van der Waals surface area contributed by atoms with Gasteiger partial charge >= 0.3 is 0 Å². The van der Waals surface area contributed by atoms with Gasteiger partial charge in [-0.3, -0.25) is 0 Å². The van der Waals surface area contributed by atoms with Crippen molar-refractivity contribution in [2.75, 3.05) is 0 Å². The van der Waals surface area contributed by atoms with Gasteiger partial charge in [0.15, 0.2) is 0 Å². The molecule has 8 aromatic carbocycles. The van der Waals surface area contributed by atoms with Crippen LogP contribution >= 0.6 is 0 Å². The number of unbranched alkanes of at least 4 members (excludes halogenated alkanes) is 1. The van der Waals surface area contributed by atoms with E-state index in [1.807, 2.05) is 0 Å². The Morgan fingerprint density at radius 1 is 0.339 bits per heavy atom. The summed E-state index contributed by atoms with van der Waals surface area (Å²) < 4.78 is 0. The molecule has 59 heavy (non-hydrogen) atoms. The van der Waals surface area contributed by atoms with Gasteiger partial charge in [0.2, 0.25) is 0 Å². The first-order chi connectivity index (χ1) is 28.7. The van der Waals surface area contributed by atoms with Crippen molar-refractivity contribution in [1.82, 2.24) is 0 Å². The van der Waals surface area contributed by atoms with Crippen molar-refractivity contribution in [3.8, 4) is 22.3 Å². The first-order valence-electron chi connectivity index (χ1n) is 21.6. The number of fused-ring (bicyclic) bond motifs is 4. The smallest absolute Gasteiger partial charge is 0.0656 e. The number of hydrogen-bond acceptors (Lipinski definition) is 0. The summed E-state index contributed by atoms with van der Waals surface area (Å²) in [5, 5.41) is 2.68. The van der Waals surface area contributed by atoms with Gasteiger partial charge in [0.1, 0.15) is 0 Å². The maximum atomic E-state index is 2.37. The van der Waals surface area contributed by atoms with Crippen molar-refractivity contribution in [2.45, 2.75) is 87.0 Å². The standard InChI is InChI=1S/C26H20.C15H16.C11H10.C4H10.C3H8/c1-19-16-17-23-22-14-8-9-15-24(22)26(25(23)18-19,20-10-4-2-5-11-20)21-12-6-3-7-13-21;1-11-8-9-13(3)15(10-11)14-7-5-4-6-12(14)2;1-9-5-4-7-10-6-2-3-8-11(9)10;1-3-4-2;1-3-2/h2-18H,1H3;4-10H,1-3H3;2-8H,1H3;3-4H2,1-2H3;3H2,1-2H3. The molecule has 0 unspecified atom stereocenters. The van der Waals surface area contributed by atoms with Gasteiger partial charge in [0.05, 0.1) is 5.41 Å². The highest BCUT2D eigenvalue weighted by atomic mass is 14.5. The minimum Gasteiger partial charge on any atom is -0.0656 e. The highest BCUT2D eigenvalue weighted by Crippen LogP contribution is 2.56. The largest absolute Gasteiger partial charge is 0.0713 e. The zero-order valence-corrected chi connectivity index (χ0v) is 37.0. The van der Waals surface area contributed by atoms with Crippen LogP contribution in [0.15, 0.2) is 188 Å². The third kappa shape index (κ3) is 10.4. The van der Waals surface area contributed by atoms with E-state index in [0.717, 1.165) is 0 Å². The van der Waals surface area contributed by atoms with Gasteiger partial charge in [-0.2, -0.15) is 0 Å². The lowest BCUT2D eigenvalue weighted by atomic mass is 9.67. The van der Waals surface area contributed by atoms with Crippen LogP contribution in [0.3, 0.4) is 0 Å². The van der Waals surface area contributed by atoms with E-state index in [2.05, 4.69) is 250 Å². The number of rotatable bonds is 4. The van der Waals surface area contributed by atoms with Crippen LogP contribution in [0.25, 0.3) is 33.0 Å². The Morgan fingerprint density at radius 3 is 1.41 bits per heavy atom. The van der Waals surface area contributed by atoms with Gasteiger partial charge in [0.25, 0.3) is 0 Å². The molecule has 0 aliphatic heterocycles. The summed E-state index contributed by atoms with van der Waals surface area (Å²) in [6.45, 7) is 19.4. The predicted molar refractivity (Wildman–Crippen MR) is 260 cm³/mol. The Balaban J connectivity index is 0.000000169. The quantitative estimate of drug-likeness (QED) is 0.167. The maximum Gasteiger partial charge on any atom is 0.0713 e. The normalized spacial score (nSPS) is 11.5. The Kier molecular flexibility index (Phi) is 16.2. The molecular formula is C59H64. The second kappa shape index (κ2) is 21.7. The summed E-state index contributed by atoms with van der Waals surface area (Å²) in [4.78, 5) is 0. The van der Waals surface area contributed by atoms with Crippen LogP contribution in [0.4, 0.5) is 0 Å². The molecule has 0 spiro atoms. The zero-order chi connectivity index (χ0) is 42.2. The molecule has 0 bridgehead atoms. The van der Waals surface area contributed by atoms with Crippen LogP contribution in [0.2, 0.25) is 0 Å². The van der Waals surface area contributed by atoms with Crippen LogP contribution in [0.1, 0.15) is 97.0 Å². The number of benzene rings is 8. The second-order valence-electron chi connectivity index (χ2n) is 15.7. The van der Waals surface area contributed by atoms with Crippen molar-refractivity contribution in [2.24, 2.45) is 0 Å². The van der Waals surface area contributed by atoms with E-state index in [4.69, 9.17) is 0 Å². The van der Waals surface area contributed by atoms with Crippen LogP contribution in [0.5, 0.6) is 0 Å². The average molecular weight is 773 g/mol. The van der Waals surface area contributed by atoms with E-state index in [9.17, 15) is 0 Å². The van der Waals surface area contributed by atoms with Crippen LogP contribution in [-0.2, 0) is 5.41 Å². The molecule has 0 radical (unpaired) electrons. The predicted octanol–water partition coefficient (Wildman–Crippen LogP) is 17.0. The Labute approximate surface area is 356 Å². The molecule has 9 rings (SSSR count). The molecule has 0 heterocycles. The second-order valence-corrected chi connectivity index (χ2v) is 15.7. The molecule has 0 fully saturated rings. The van der Waals surface area contributed by atoms with E-state index in [0.29, 0.717) is 0 Å². The van der Waals surface area contributed by atoms with Gasteiger partial charge in [-0.05, 0) is 107 Å². The van der Waals surface area contributed by atoms with Crippen molar-refractivity contribution >= 4 is 10.8 Å². The van der Waals surface area contributed by atoms with E-state index in [1.165, 1.54) is 102 Å². The molecule has 1 aliphatic rings. The summed E-state index contributed by atoms with van der Waals surface area (Å²) in [6.07, 6.45) is 3.89. The Hall–Kier alpha value is -5.98. The molecule has 0 amide bonds. The molecule has 0 atom stereocenters.